The number of halogens is 1. The molecule has 2 heterocycles. The van der Waals surface area contributed by atoms with Gasteiger partial charge >= 0.3 is 0 Å². The van der Waals surface area contributed by atoms with Gasteiger partial charge in [-0.2, -0.15) is 0 Å². The van der Waals surface area contributed by atoms with Gasteiger partial charge in [-0.25, -0.2) is 4.98 Å². The Morgan fingerprint density at radius 2 is 1.83 bits per heavy atom. The normalized spacial score (nSPS) is 13.5. The Labute approximate surface area is 143 Å². The van der Waals surface area contributed by atoms with E-state index in [0.29, 0.717) is 17.9 Å². The zero-order chi connectivity index (χ0) is 15.8. The summed E-state index contributed by atoms with van der Waals surface area (Å²) in [6.07, 6.45) is 3.14. The minimum absolute atomic E-state index is 0. The van der Waals surface area contributed by atoms with Gasteiger partial charge in [0.25, 0.3) is 11.8 Å². The van der Waals surface area contributed by atoms with Crippen LogP contribution in [0.25, 0.3) is 0 Å². The Morgan fingerprint density at radius 1 is 1.13 bits per heavy atom. The number of nitrogens with zero attached hydrogens (tertiary/aromatic N) is 2. The summed E-state index contributed by atoms with van der Waals surface area (Å²) in [5.74, 6) is -0.328. The van der Waals surface area contributed by atoms with Crippen molar-refractivity contribution in [2.24, 2.45) is 0 Å². The van der Waals surface area contributed by atoms with Gasteiger partial charge in [0, 0.05) is 26.2 Å². The largest absolute Gasteiger partial charge is 0.349 e. The SMILES string of the molecule is CCCNCCNC(=O)c1cccc(C(=O)N2CCCC2)n1.Cl. The van der Waals surface area contributed by atoms with E-state index >= 15 is 0 Å². The number of aromatic nitrogens is 1. The molecule has 0 aromatic carbocycles. The van der Waals surface area contributed by atoms with Crippen LogP contribution in [0, 0.1) is 0 Å². The van der Waals surface area contributed by atoms with Crippen LogP contribution in [0.5, 0.6) is 0 Å². The first kappa shape index (κ1) is 19.4. The van der Waals surface area contributed by atoms with Gasteiger partial charge in [0.15, 0.2) is 0 Å². The Morgan fingerprint density at radius 3 is 2.52 bits per heavy atom. The summed E-state index contributed by atoms with van der Waals surface area (Å²) in [6, 6.07) is 5.01. The summed E-state index contributed by atoms with van der Waals surface area (Å²) in [5, 5.41) is 6.02. The molecule has 6 nitrogen and oxygen atoms in total. The zero-order valence-corrected chi connectivity index (χ0v) is 14.3. The summed E-state index contributed by atoms with van der Waals surface area (Å²) >= 11 is 0. The second kappa shape index (κ2) is 10.2. The van der Waals surface area contributed by atoms with E-state index in [1.54, 1.807) is 23.1 Å². The molecule has 1 aromatic heterocycles. The highest BCUT2D eigenvalue weighted by Crippen LogP contribution is 2.11. The van der Waals surface area contributed by atoms with Gasteiger partial charge in [-0.15, -0.1) is 12.4 Å². The number of rotatable bonds is 7. The van der Waals surface area contributed by atoms with E-state index in [1.807, 2.05) is 0 Å². The molecule has 0 radical (unpaired) electrons. The highest BCUT2D eigenvalue weighted by Gasteiger charge is 2.21. The molecule has 0 unspecified atom stereocenters. The van der Waals surface area contributed by atoms with Crippen molar-refractivity contribution in [1.82, 2.24) is 20.5 Å². The van der Waals surface area contributed by atoms with Gasteiger partial charge in [0.2, 0.25) is 0 Å². The molecule has 0 spiro atoms. The molecule has 1 fully saturated rings. The predicted molar refractivity (Wildman–Crippen MR) is 92.1 cm³/mol. The van der Waals surface area contributed by atoms with Crippen molar-refractivity contribution in [3.63, 3.8) is 0 Å². The van der Waals surface area contributed by atoms with Crippen LogP contribution in [-0.2, 0) is 0 Å². The van der Waals surface area contributed by atoms with E-state index in [0.717, 1.165) is 45.4 Å². The molecule has 0 saturated carbocycles. The third-order valence-electron chi connectivity index (χ3n) is 3.61. The molecule has 2 amide bonds. The molecule has 0 aliphatic carbocycles. The topological polar surface area (TPSA) is 74.3 Å². The number of amides is 2. The lowest BCUT2D eigenvalue weighted by Crippen LogP contribution is -2.33. The number of carbonyl (C=O) groups excluding carboxylic acids is 2. The molecule has 1 aliphatic heterocycles. The Bertz CT molecular complexity index is 519. The summed E-state index contributed by atoms with van der Waals surface area (Å²) in [6.45, 7) is 5.86. The third-order valence-corrected chi connectivity index (χ3v) is 3.61. The predicted octanol–water partition coefficient (Wildman–Crippen LogP) is 1.47. The molecule has 2 rings (SSSR count). The molecular weight excluding hydrogens is 316 g/mol. The Kier molecular flexibility index (Phi) is 8.58. The average Bonchev–Trinajstić information content (AvgIpc) is 3.08. The number of hydrogen-bond acceptors (Lipinski definition) is 4. The lowest BCUT2D eigenvalue weighted by Gasteiger charge is -2.14. The molecule has 23 heavy (non-hydrogen) atoms. The molecule has 7 heteroatoms. The summed E-state index contributed by atoms with van der Waals surface area (Å²) in [7, 11) is 0. The number of nitrogens with one attached hydrogen (secondary N) is 2. The fourth-order valence-electron chi connectivity index (χ4n) is 2.42. The lowest BCUT2D eigenvalue weighted by molar-refractivity contribution is 0.0787. The fourth-order valence-corrected chi connectivity index (χ4v) is 2.42. The molecule has 1 saturated heterocycles. The highest BCUT2D eigenvalue weighted by molar-refractivity contribution is 5.96. The molecule has 0 atom stereocenters. The van der Waals surface area contributed by atoms with Crippen LogP contribution < -0.4 is 10.6 Å². The number of carbonyl (C=O) groups is 2. The maximum absolute atomic E-state index is 12.3. The summed E-state index contributed by atoms with van der Waals surface area (Å²) < 4.78 is 0. The Hall–Kier alpha value is -1.66. The van der Waals surface area contributed by atoms with Gasteiger partial charge in [0.1, 0.15) is 11.4 Å². The van der Waals surface area contributed by atoms with E-state index in [2.05, 4.69) is 22.5 Å². The van der Waals surface area contributed by atoms with Crippen molar-refractivity contribution in [3.05, 3.63) is 29.6 Å². The quantitative estimate of drug-likeness (QED) is 0.737. The number of likely N-dealkylation sites (tertiary alicyclic amines) is 1. The van der Waals surface area contributed by atoms with Gasteiger partial charge < -0.3 is 15.5 Å². The average molecular weight is 341 g/mol. The van der Waals surface area contributed by atoms with Crippen molar-refractivity contribution in [1.29, 1.82) is 0 Å². The second-order valence-electron chi connectivity index (χ2n) is 5.41. The molecule has 2 N–H and O–H groups in total. The second-order valence-corrected chi connectivity index (χ2v) is 5.41. The first-order valence-electron chi connectivity index (χ1n) is 7.97. The van der Waals surface area contributed by atoms with E-state index < -0.39 is 0 Å². The van der Waals surface area contributed by atoms with Gasteiger partial charge in [0.05, 0.1) is 0 Å². The zero-order valence-electron chi connectivity index (χ0n) is 13.5. The van der Waals surface area contributed by atoms with Gasteiger partial charge in [-0.3, -0.25) is 9.59 Å². The minimum Gasteiger partial charge on any atom is -0.349 e. The first-order valence-corrected chi connectivity index (χ1v) is 7.97. The van der Waals surface area contributed by atoms with Crippen molar-refractivity contribution < 1.29 is 9.59 Å². The van der Waals surface area contributed by atoms with Crippen molar-refractivity contribution >= 4 is 24.2 Å². The number of hydrogen-bond donors (Lipinski definition) is 2. The lowest BCUT2D eigenvalue weighted by atomic mass is 10.2. The molecule has 128 valence electrons. The van der Waals surface area contributed by atoms with Crippen LogP contribution in [0.3, 0.4) is 0 Å². The Balaban J connectivity index is 0.00000264. The van der Waals surface area contributed by atoms with Crippen LogP contribution in [0.4, 0.5) is 0 Å². The first-order chi connectivity index (χ1) is 10.7. The van der Waals surface area contributed by atoms with Crippen LogP contribution in [-0.4, -0.2) is 54.4 Å². The maximum Gasteiger partial charge on any atom is 0.272 e. The van der Waals surface area contributed by atoms with Crippen molar-refractivity contribution in [2.45, 2.75) is 26.2 Å². The standard InChI is InChI=1S/C16H24N4O2.ClH/c1-2-8-17-9-10-18-15(21)13-6-5-7-14(19-13)16(22)20-11-3-4-12-20;/h5-7,17H,2-4,8-12H2,1H3,(H,18,21);1H. The van der Waals surface area contributed by atoms with Crippen LogP contribution >= 0.6 is 12.4 Å². The molecule has 1 aliphatic rings. The monoisotopic (exact) mass is 340 g/mol. The van der Waals surface area contributed by atoms with Crippen molar-refractivity contribution in [3.8, 4) is 0 Å². The summed E-state index contributed by atoms with van der Waals surface area (Å²) in [5.41, 5.74) is 0.638. The van der Waals surface area contributed by atoms with Gasteiger partial charge in [-0.1, -0.05) is 13.0 Å². The third kappa shape index (κ3) is 5.80. The highest BCUT2D eigenvalue weighted by atomic mass is 35.5. The molecular formula is C16H25ClN4O2. The van der Waals surface area contributed by atoms with Crippen LogP contribution in [0.15, 0.2) is 18.2 Å². The smallest absolute Gasteiger partial charge is 0.272 e. The van der Waals surface area contributed by atoms with Crippen LogP contribution in [0.2, 0.25) is 0 Å². The minimum atomic E-state index is -0.241. The van der Waals surface area contributed by atoms with Crippen LogP contribution in [0.1, 0.15) is 47.2 Å². The fraction of sp³-hybridized carbons (Fsp3) is 0.562. The van der Waals surface area contributed by atoms with Gasteiger partial charge in [-0.05, 0) is 37.9 Å². The van der Waals surface area contributed by atoms with E-state index in [-0.39, 0.29) is 24.2 Å². The molecule has 0 bridgehead atoms. The summed E-state index contributed by atoms with van der Waals surface area (Å²) in [4.78, 5) is 30.3. The number of pyridine rings is 1. The van der Waals surface area contributed by atoms with Crippen molar-refractivity contribution in [2.75, 3.05) is 32.7 Å². The van der Waals surface area contributed by atoms with E-state index in [4.69, 9.17) is 0 Å². The maximum atomic E-state index is 12.3. The molecule has 1 aromatic rings. The van der Waals surface area contributed by atoms with E-state index in [9.17, 15) is 9.59 Å². The van der Waals surface area contributed by atoms with E-state index in [1.165, 1.54) is 0 Å².